The molecule has 0 N–H and O–H groups in total. The Hall–Kier alpha value is -1.11. The van der Waals surface area contributed by atoms with Crippen LogP contribution in [-0.4, -0.2) is 41.3 Å². The predicted octanol–water partition coefficient (Wildman–Crippen LogP) is 3.53. The van der Waals surface area contributed by atoms with Crippen molar-refractivity contribution in [3.63, 3.8) is 0 Å². The first-order chi connectivity index (χ1) is 10.5. The number of thioether (sulfide) groups is 1. The summed E-state index contributed by atoms with van der Waals surface area (Å²) in [6.45, 7) is 5.64. The van der Waals surface area contributed by atoms with E-state index in [2.05, 4.69) is 25.8 Å². The molecule has 2 aliphatic rings. The molecular weight excluding hydrogens is 364 g/mol. The van der Waals surface area contributed by atoms with Crippen molar-refractivity contribution in [1.29, 1.82) is 0 Å². The van der Waals surface area contributed by atoms with Crippen LogP contribution in [0.4, 0.5) is 0 Å². The molecule has 6 heteroatoms. The number of carbonyl (C=O) groups is 1. The molecule has 0 aromatic heterocycles. The number of nitrogens with zero attached hydrogens (tertiary/aromatic N) is 2. The SMILES string of the molecule is C[C@@H]1CN(C2=NC(=O)/C(=C\c3ccc(Br)cc3)S2)C[C@H](C)O1. The van der Waals surface area contributed by atoms with Gasteiger partial charge in [-0.15, -0.1) is 0 Å². The Kier molecular flexibility index (Phi) is 4.70. The summed E-state index contributed by atoms with van der Waals surface area (Å²) in [6.07, 6.45) is 2.20. The Bertz CT molecular complexity index is 632. The minimum atomic E-state index is -0.158. The highest BCUT2D eigenvalue weighted by atomic mass is 79.9. The van der Waals surface area contributed by atoms with E-state index < -0.39 is 0 Å². The highest BCUT2D eigenvalue weighted by Gasteiger charge is 2.30. The minimum Gasteiger partial charge on any atom is -0.372 e. The Morgan fingerprint density at radius 3 is 2.55 bits per heavy atom. The first-order valence-corrected chi connectivity index (χ1v) is 8.81. The highest BCUT2D eigenvalue weighted by molar-refractivity contribution is 9.10. The molecule has 116 valence electrons. The first kappa shape index (κ1) is 15.8. The fourth-order valence-electron chi connectivity index (χ4n) is 2.58. The van der Waals surface area contributed by atoms with Gasteiger partial charge in [0.1, 0.15) is 0 Å². The van der Waals surface area contributed by atoms with Crippen LogP contribution in [0.1, 0.15) is 19.4 Å². The van der Waals surface area contributed by atoms with Gasteiger partial charge in [-0.25, -0.2) is 0 Å². The van der Waals surface area contributed by atoms with Crippen LogP contribution in [-0.2, 0) is 9.53 Å². The van der Waals surface area contributed by atoms with Crippen LogP contribution in [0.3, 0.4) is 0 Å². The summed E-state index contributed by atoms with van der Waals surface area (Å²) in [5.74, 6) is -0.158. The molecule has 0 saturated carbocycles. The number of ether oxygens (including phenoxy) is 1. The van der Waals surface area contributed by atoms with Gasteiger partial charge in [0, 0.05) is 17.6 Å². The second-order valence-corrected chi connectivity index (χ2v) is 7.45. The summed E-state index contributed by atoms with van der Waals surface area (Å²) in [5, 5.41) is 0.787. The molecule has 0 aliphatic carbocycles. The number of halogens is 1. The standard InChI is InChI=1S/C16H17BrN2O2S/c1-10-8-19(9-11(2)21-10)16-18-15(20)14(22-16)7-12-3-5-13(17)6-4-12/h3-7,10-11H,8-9H2,1-2H3/b14-7+/t10-,11+. The second kappa shape index (κ2) is 6.56. The number of rotatable bonds is 1. The van der Waals surface area contributed by atoms with Crippen molar-refractivity contribution >= 4 is 44.8 Å². The highest BCUT2D eigenvalue weighted by Crippen LogP contribution is 2.31. The number of amidine groups is 1. The molecule has 0 spiro atoms. The number of morpholine rings is 1. The maximum absolute atomic E-state index is 12.1. The van der Waals surface area contributed by atoms with E-state index in [4.69, 9.17) is 4.74 Å². The molecule has 2 heterocycles. The first-order valence-electron chi connectivity index (χ1n) is 7.20. The average molecular weight is 381 g/mol. The van der Waals surface area contributed by atoms with Crippen LogP contribution in [0.15, 0.2) is 38.6 Å². The predicted molar refractivity (Wildman–Crippen MR) is 93.7 cm³/mol. The van der Waals surface area contributed by atoms with Gasteiger partial charge in [-0.1, -0.05) is 28.1 Å². The Morgan fingerprint density at radius 2 is 1.91 bits per heavy atom. The van der Waals surface area contributed by atoms with Gasteiger partial charge in [0.15, 0.2) is 5.17 Å². The molecular formula is C16H17BrN2O2S. The van der Waals surface area contributed by atoms with Gasteiger partial charge < -0.3 is 9.64 Å². The van der Waals surface area contributed by atoms with E-state index in [0.29, 0.717) is 4.91 Å². The van der Waals surface area contributed by atoms with Gasteiger partial charge in [0.05, 0.1) is 17.1 Å². The van der Waals surface area contributed by atoms with Crippen molar-refractivity contribution in [2.45, 2.75) is 26.1 Å². The van der Waals surface area contributed by atoms with E-state index in [1.165, 1.54) is 11.8 Å². The smallest absolute Gasteiger partial charge is 0.286 e. The molecule has 1 aromatic rings. The summed E-state index contributed by atoms with van der Waals surface area (Å²) in [4.78, 5) is 19.1. The number of hydrogen-bond acceptors (Lipinski definition) is 4. The molecule has 2 atom stereocenters. The quantitative estimate of drug-likeness (QED) is 0.698. The fourth-order valence-corrected chi connectivity index (χ4v) is 3.77. The molecule has 3 rings (SSSR count). The summed E-state index contributed by atoms with van der Waals surface area (Å²) < 4.78 is 6.75. The van der Waals surface area contributed by atoms with Gasteiger partial charge >= 0.3 is 0 Å². The number of amides is 1. The summed E-state index contributed by atoms with van der Waals surface area (Å²) in [5.41, 5.74) is 0.999. The molecule has 0 unspecified atom stereocenters. The molecule has 0 radical (unpaired) electrons. The van der Waals surface area contributed by atoms with Gasteiger partial charge in [0.2, 0.25) is 0 Å². The van der Waals surface area contributed by atoms with Crippen molar-refractivity contribution in [2.24, 2.45) is 4.99 Å². The zero-order chi connectivity index (χ0) is 15.7. The van der Waals surface area contributed by atoms with Crippen molar-refractivity contribution in [3.05, 3.63) is 39.2 Å². The monoisotopic (exact) mass is 380 g/mol. The van der Waals surface area contributed by atoms with Crippen LogP contribution < -0.4 is 0 Å². The number of benzene rings is 1. The zero-order valence-corrected chi connectivity index (χ0v) is 14.9. The van der Waals surface area contributed by atoms with Gasteiger partial charge in [-0.05, 0) is 49.4 Å². The second-order valence-electron chi connectivity index (χ2n) is 5.52. The van der Waals surface area contributed by atoms with Gasteiger partial charge in [-0.3, -0.25) is 4.79 Å². The Labute approximate surface area is 142 Å². The van der Waals surface area contributed by atoms with Crippen molar-refractivity contribution < 1.29 is 9.53 Å². The third-order valence-corrected chi connectivity index (χ3v) is 5.04. The van der Waals surface area contributed by atoms with E-state index in [1.54, 1.807) is 0 Å². The van der Waals surface area contributed by atoms with Crippen molar-refractivity contribution in [1.82, 2.24) is 4.90 Å². The third-order valence-electron chi connectivity index (χ3n) is 3.47. The lowest BCUT2D eigenvalue weighted by Crippen LogP contribution is -2.47. The van der Waals surface area contributed by atoms with Gasteiger partial charge in [0.25, 0.3) is 5.91 Å². The molecule has 1 aromatic carbocycles. The molecule has 1 fully saturated rings. The molecule has 1 saturated heterocycles. The van der Waals surface area contributed by atoms with Gasteiger partial charge in [-0.2, -0.15) is 4.99 Å². The van der Waals surface area contributed by atoms with Crippen LogP contribution >= 0.6 is 27.7 Å². The number of hydrogen-bond donors (Lipinski definition) is 0. The topological polar surface area (TPSA) is 41.9 Å². The summed E-state index contributed by atoms with van der Waals surface area (Å²) in [7, 11) is 0. The number of aliphatic imine (C=N–C) groups is 1. The molecule has 2 aliphatic heterocycles. The van der Waals surface area contributed by atoms with Crippen LogP contribution in [0, 0.1) is 0 Å². The largest absolute Gasteiger partial charge is 0.372 e. The summed E-state index contributed by atoms with van der Waals surface area (Å²) in [6, 6.07) is 7.87. The van der Waals surface area contributed by atoms with Crippen LogP contribution in [0.25, 0.3) is 6.08 Å². The Morgan fingerprint density at radius 1 is 1.27 bits per heavy atom. The molecule has 4 nitrogen and oxygen atoms in total. The Balaban J connectivity index is 1.74. The lowest BCUT2D eigenvalue weighted by atomic mass is 10.2. The maximum Gasteiger partial charge on any atom is 0.286 e. The molecule has 22 heavy (non-hydrogen) atoms. The lowest BCUT2D eigenvalue weighted by molar-refractivity contribution is -0.113. The minimum absolute atomic E-state index is 0.154. The van der Waals surface area contributed by atoms with E-state index in [-0.39, 0.29) is 18.1 Å². The zero-order valence-electron chi connectivity index (χ0n) is 12.5. The maximum atomic E-state index is 12.1. The van der Waals surface area contributed by atoms with Crippen LogP contribution in [0.2, 0.25) is 0 Å². The van der Waals surface area contributed by atoms with Crippen LogP contribution in [0.5, 0.6) is 0 Å². The third kappa shape index (κ3) is 3.62. The lowest BCUT2D eigenvalue weighted by Gasteiger charge is -2.35. The fraction of sp³-hybridized carbons (Fsp3) is 0.375. The van der Waals surface area contributed by atoms with Crippen molar-refractivity contribution in [2.75, 3.05) is 13.1 Å². The molecule has 0 bridgehead atoms. The average Bonchev–Trinajstić information content (AvgIpc) is 2.82. The normalized spacial score (nSPS) is 27.4. The van der Waals surface area contributed by atoms with E-state index in [0.717, 1.165) is 28.3 Å². The number of carbonyl (C=O) groups excluding carboxylic acids is 1. The van der Waals surface area contributed by atoms with E-state index in [9.17, 15) is 4.79 Å². The summed E-state index contributed by atoms with van der Waals surface area (Å²) >= 11 is 4.86. The van der Waals surface area contributed by atoms with E-state index >= 15 is 0 Å². The van der Waals surface area contributed by atoms with Crippen molar-refractivity contribution in [3.8, 4) is 0 Å². The van der Waals surface area contributed by atoms with E-state index in [1.807, 2.05) is 44.2 Å². The molecule has 1 amide bonds.